The van der Waals surface area contributed by atoms with Gasteiger partial charge in [-0.3, -0.25) is 9.69 Å². The molecule has 1 aromatic heterocycles. The Kier molecular flexibility index (Phi) is 6.26. The van der Waals surface area contributed by atoms with Gasteiger partial charge in [-0.1, -0.05) is 12.1 Å². The van der Waals surface area contributed by atoms with Crippen LogP contribution in [-0.2, 0) is 11.3 Å². The average Bonchev–Trinajstić information content (AvgIpc) is 3.10. The molecule has 1 heterocycles. The fourth-order valence-electron chi connectivity index (χ4n) is 2.62. The van der Waals surface area contributed by atoms with Crippen molar-refractivity contribution in [3.63, 3.8) is 0 Å². The van der Waals surface area contributed by atoms with Crippen LogP contribution in [-0.4, -0.2) is 35.6 Å². The number of amides is 1. The first kappa shape index (κ1) is 19.1. The molecule has 0 aliphatic carbocycles. The van der Waals surface area contributed by atoms with Crippen molar-refractivity contribution in [1.29, 1.82) is 0 Å². The highest BCUT2D eigenvalue weighted by Gasteiger charge is 2.12. The Labute approximate surface area is 161 Å². The Balaban J connectivity index is 1.57. The van der Waals surface area contributed by atoms with Crippen LogP contribution in [0.4, 0.5) is 10.1 Å². The maximum atomic E-state index is 13.0. The predicted octanol–water partition coefficient (Wildman–Crippen LogP) is 4.27. The molecule has 0 saturated carbocycles. The van der Waals surface area contributed by atoms with Crippen molar-refractivity contribution in [3.05, 3.63) is 66.3 Å². The summed E-state index contributed by atoms with van der Waals surface area (Å²) in [6.45, 7) is 0.684. The number of thioether (sulfide) groups is 1. The number of para-hydroxylation sites is 1. The smallest absolute Gasteiger partial charge is 0.238 e. The molecule has 1 N–H and O–H groups in total. The van der Waals surface area contributed by atoms with Crippen LogP contribution in [0.1, 0.15) is 5.69 Å². The number of carbonyl (C=O) groups is 1. The molecule has 7 heteroatoms. The van der Waals surface area contributed by atoms with Gasteiger partial charge in [-0.15, -0.1) is 11.8 Å². The molecule has 0 bridgehead atoms. The molecule has 0 fully saturated rings. The van der Waals surface area contributed by atoms with E-state index < -0.39 is 0 Å². The molecule has 2 aromatic carbocycles. The zero-order valence-electron chi connectivity index (χ0n) is 15.1. The number of benzene rings is 2. The van der Waals surface area contributed by atoms with E-state index in [1.165, 1.54) is 12.1 Å². The molecule has 3 rings (SSSR count). The van der Waals surface area contributed by atoms with Crippen molar-refractivity contribution in [3.8, 4) is 11.5 Å². The van der Waals surface area contributed by atoms with Gasteiger partial charge in [-0.2, -0.15) is 0 Å². The molecule has 0 aliphatic heterocycles. The summed E-state index contributed by atoms with van der Waals surface area (Å²) in [5, 5.41) is 2.93. The van der Waals surface area contributed by atoms with Gasteiger partial charge in [0.25, 0.3) is 0 Å². The second-order valence-corrected chi connectivity index (χ2v) is 6.92. The molecule has 27 heavy (non-hydrogen) atoms. The molecule has 3 aromatic rings. The lowest BCUT2D eigenvalue weighted by molar-refractivity contribution is -0.117. The Morgan fingerprint density at radius 3 is 2.70 bits per heavy atom. The molecule has 0 atom stereocenters. The van der Waals surface area contributed by atoms with Crippen molar-refractivity contribution in [1.82, 2.24) is 9.88 Å². The van der Waals surface area contributed by atoms with Crippen LogP contribution in [0, 0.1) is 5.82 Å². The third-order valence-electron chi connectivity index (χ3n) is 3.87. The van der Waals surface area contributed by atoms with E-state index >= 15 is 0 Å². The van der Waals surface area contributed by atoms with E-state index in [4.69, 9.17) is 4.42 Å². The first-order valence-electron chi connectivity index (χ1n) is 8.37. The highest BCUT2D eigenvalue weighted by Crippen LogP contribution is 2.24. The largest absolute Gasteiger partial charge is 0.444 e. The van der Waals surface area contributed by atoms with Crippen LogP contribution in [0.2, 0.25) is 0 Å². The average molecular weight is 385 g/mol. The van der Waals surface area contributed by atoms with Crippen molar-refractivity contribution in [2.24, 2.45) is 0 Å². The van der Waals surface area contributed by atoms with Gasteiger partial charge < -0.3 is 9.73 Å². The number of halogens is 1. The third-order valence-corrected chi connectivity index (χ3v) is 4.67. The Morgan fingerprint density at radius 2 is 1.96 bits per heavy atom. The summed E-state index contributed by atoms with van der Waals surface area (Å²) in [6, 6.07) is 13.6. The maximum absolute atomic E-state index is 13.0. The second kappa shape index (κ2) is 8.83. The minimum absolute atomic E-state index is 0.0961. The van der Waals surface area contributed by atoms with Crippen LogP contribution in [0.25, 0.3) is 11.5 Å². The summed E-state index contributed by atoms with van der Waals surface area (Å²) in [7, 11) is 1.84. The van der Waals surface area contributed by atoms with Crippen LogP contribution in [0.5, 0.6) is 0 Å². The number of likely N-dealkylation sites (N-methyl/N-ethyl adjacent to an activating group) is 1. The number of nitrogens with zero attached hydrogens (tertiary/aromatic N) is 2. The van der Waals surface area contributed by atoms with E-state index in [1.54, 1.807) is 30.2 Å². The molecule has 140 valence electrons. The van der Waals surface area contributed by atoms with Gasteiger partial charge in [0.05, 0.1) is 17.9 Å². The van der Waals surface area contributed by atoms with E-state index in [0.29, 0.717) is 23.7 Å². The quantitative estimate of drug-likeness (QED) is 0.616. The van der Waals surface area contributed by atoms with Crippen molar-refractivity contribution < 1.29 is 13.6 Å². The Morgan fingerprint density at radius 1 is 1.22 bits per heavy atom. The molecule has 1 amide bonds. The van der Waals surface area contributed by atoms with Crippen molar-refractivity contribution in [2.75, 3.05) is 25.2 Å². The minimum Gasteiger partial charge on any atom is -0.444 e. The van der Waals surface area contributed by atoms with E-state index in [9.17, 15) is 9.18 Å². The van der Waals surface area contributed by atoms with Crippen LogP contribution in [0.3, 0.4) is 0 Å². The highest BCUT2D eigenvalue weighted by molar-refractivity contribution is 7.98. The van der Waals surface area contributed by atoms with Gasteiger partial charge in [-0.05, 0) is 49.7 Å². The Hall–Kier alpha value is -2.64. The number of anilines is 1. The van der Waals surface area contributed by atoms with E-state index in [1.807, 2.05) is 42.5 Å². The lowest BCUT2D eigenvalue weighted by Crippen LogP contribution is -2.30. The first-order valence-corrected chi connectivity index (χ1v) is 9.59. The molecule has 0 aliphatic rings. The zero-order chi connectivity index (χ0) is 19.2. The molecule has 0 spiro atoms. The van der Waals surface area contributed by atoms with E-state index in [2.05, 4.69) is 10.3 Å². The summed E-state index contributed by atoms with van der Waals surface area (Å²) in [5.41, 5.74) is 2.22. The summed E-state index contributed by atoms with van der Waals surface area (Å²) in [6.07, 6.45) is 3.52. The summed E-state index contributed by atoms with van der Waals surface area (Å²) >= 11 is 1.59. The number of oxazole rings is 1. The molecule has 0 unspecified atom stereocenters. The molecule has 5 nitrogen and oxygen atoms in total. The number of hydrogen-bond acceptors (Lipinski definition) is 5. The van der Waals surface area contributed by atoms with Crippen molar-refractivity contribution >= 4 is 23.4 Å². The highest BCUT2D eigenvalue weighted by atomic mass is 32.2. The number of hydrogen-bond donors (Lipinski definition) is 1. The molecular weight excluding hydrogens is 365 g/mol. The zero-order valence-corrected chi connectivity index (χ0v) is 15.9. The maximum Gasteiger partial charge on any atom is 0.238 e. The lowest BCUT2D eigenvalue weighted by atomic mass is 10.2. The fraction of sp³-hybridized carbons (Fsp3) is 0.200. The number of nitrogens with one attached hydrogen (secondary N) is 1. The van der Waals surface area contributed by atoms with E-state index in [0.717, 1.165) is 10.6 Å². The van der Waals surface area contributed by atoms with Gasteiger partial charge in [-0.25, -0.2) is 9.37 Å². The standard InChI is InChI=1S/C20H20FN3O2S/c1-24(12-19(25)23-17-5-3-4-6-18(17)27-2)11-16-13-26-20(22-16)14-7-9-15(21)10-8-14/h3-10,13H,11-12H2,1-2H3,(H,23,25). The molecule has 0 saturated heterocycles. The van der Waals surface area contributed by atoms with Crippen LogP contribution < -0.4 is 5.32 Å². The summed E-state index contributed by atoms with van der Waals surface area (Å²) < 4.78 is 18.5. The van der Waals surface area contributed by atoms with E-state index in [-0.39, 0.29) is 18.3 Å². The number of rotatable bonds is 7. The monoisotopic (exact) mass is 385 g/mol. The number of carbonyl (C=O) groups excluding carboxylic acids is 1. The minimum atomic E-state index is -0.306. The van der Waals surface area contributed by atoms with Gasteiger partial charge in [0.2, 0.25) is 11.8 Å². The van der Waals surface area contributed by atoms with Crippen LogP contribution in [0.15, 0.2) is 64.1 Å². The summed E-state index contributed by atoms with van der Waals surface area (Å²) in [4.78, 5) is 19.6. The van der Waals surface area contributed by atoms with Gasteiger partial charge >= 0.3 is 0 Å². The lowest BCUT2D eigenvalue weighted by Gasteiger charge is -2.15. The predicted molar refractivity (Wildman–Crippen MR) is 105 cm³/mol. The fourth-order valence-corrected chi connectivity index (χ4v) is 3.17. The molecular formula is C20H20FN3O2S. The van der Waals surface area contributed by atoms with Crippen molar-refractivity contribution in [2.45, 2.75) is 11.4 Å². The van der Waals surface area contributed by atoms with Crippen LogP contribution >= 0.6 is 11.8 Å². The Bertz CT molecular complexity index is 912. The molecule has 0 radical (unpaired) electrons. The topological polar surface area (TPSA) is 58.4 Å². The van der Waals surface area contributed by atoms with Gasteiger partial charge in [0.15, 0.2) is 0 Å². The second-order valence-electron chi connectivity index (χ2n) is 6.07. The number of aromatic nitrogens is 1. The first-order chi connectivity index (χ1) is 13.0. The third kappa shape index (κ3) is 5.18. The van der Waals surface area contributed by atoms with Gasteiger partial charge in [0, 0.05) is 17.0 Å². The normalized spacial score (nSPS) is 11.0. The van der Waals surface area contributed by atoms with Gasteiger partial charge in [0.1, 0.15) is 12.1 Å². The summed E-state index contributed by atoms with van der Waals surface area (Å²) in [5.74, 6) is 0.0253. The SMILES string of the molecule is CSc1ccccc1NC(=O)CN(C)Cc1coc(-c2ccc(F)cc2)n1.